The maximum atomic E-state index is 13.3. The van der Waals surface area contributed by atoms with Crippen molar-refractivity contribution in [3.63, 3.8) is 0 Å². The first-order valence-electron chi connectivity index (χ1n) is 8.86. The van der Waals surface area contributed by atoms with E-state index >= 15 is 0 Å². The molecule has 4 rings (SSSR count). The van der Waals surface area contributed by atoms with E-state index in [1.165, 1.54) is 5.56 Å². The van der Waals surface area contributed by atoms with E-state index in [0.717, 1.165) is 22.9 Å². The number of aliphatic imine (C=N–C) groups is 1. The first-order valence-corrected chi connectivity index (χ1v) is 8.86. The largest absolute Gasteiger partial charge is 0.403 e. The zero-order valence-electron chi connectivity index (χ0n) is 15.4. The third-order valence-corrected chi connectivity index (χ3v) is 4.92. The summed E-state index contributed by atoms with van der Waals surface area (Å²) in [5, 5.41) is 0. The summed E-state index contributed by atoms with van der Waals surface area (Å²) in [6, 6.07) is 10.2. The predicted molar refractivity (Wildman–Crippen MR) is 103 cm³/mol. The highest BCUT2D eigenvalue weighted by Gasteiger charge is 2.38. The quantitative estimate of drug-likeness (QED) is 0.797. The molecule has 5 heteroatoms. The van der Waals surface area contributed by atoms with E-state index in [1.54, 1.807) is 0 Å². The Morgan fingerprint density at radius 2 is 1.96 bits per heavy atom. The van der Waals surface area contributed by atoms with Crippen LogP contribution in [0.2, 0.25) is 0 Å². The van der Waals surface area contributed by atoms with Gasteiger partial charge in [-0.1, -0.05) is 47.5 Å². The highest BCUT2D eigenvalue weighted by atomic mass is 16.1. The Labute approximate surface area is 153 Å². The van der Waals surface area contributed by atoms with Crippen molar-refractivity contribution in [2.24, 2.45) is 4.99 Å². The van der Waals surface area contributed by atoms with E-state index in [0.29, 0.717) is 13.1 Å². The molecule has 0 radical (unpaired) electrons. The lowest BCUT2D eigenvalue weighted by molar-refractivity contribution is -0.685. The molecule has 1 aliphatic carbocycles. The number of rotatable bonds is 4. The number of hydrogen-bond donors (Lipinski definition) is 0. The molecule has 2 aromatic rings. The van der Waals surface area contributed by atoms with Crippen LogP contribution in [0.5, 0.6) is 0 Å². The fraction of sp³-hybridized carbons (Fsp3) is 0.286. The van der Waals surface area contributed by atoms with Crippen LogP contribution in [0.25, 0.3) is 0 Å². The molecule has 0 amide bonds. The standard InChI is InChI=1S/C21H23N4O/c1-15-17(14-23(2)3)20(26)25-19-12-8-7-11-18(19)22-21(25)24(15)13-16-9-5-4-6-10-16/h4-12,19H,13-14H2,1-3H3/q+1. The summed E-state index contributed by atoms with van der Waals surface area (Å²) in [7, 11) is 3.98. The molecule has 0 N–H and O–H groups in total. The average Bonchev–Trinajstić information content (AvgIpc) is 3.02. The van der Waals surface area contributed by atoms with Crippen molar-refractivity contribution in [2.75, 3.05) is 14.1 Å². The molecule has 0 saturated carbocycles. The smallest absolute Gasteiger partial charge is 0.305 e. The van der Waals surface area contributed by atoms with Crippen molar-refractivity contribution in [3.05, 3.63) is 81.8 Å². The molecule has 1 aromatic carbocycles. The number of nitrogens with zero attached hydrogens (tertiary/aromatic N) is 4. The van der Waals surface area contributed by atoms with Gasteiger partial charge in [0.1, 0.15) is 0 Å². The average molecular weight is 347 g/mol. The Bertz CT molecular complexity index is 997. The van der Waals surface area contributed by atoms with Crippen LogP contribution in [0.1, 0.15) is 22.9 Å². The molecular weight excluding hydrogens is 324 g/mol. The van der Waals surface area contributed by atoms with Gasteiger partial charge in [-0.2, -0.15) is 4.57 Å². The van der Waals surface area contributed by atoms with Gasteiger partial charge in [0.2, 0.25) is 0 Å². The topological polar surface area (TPSA) is 41.5 Å². The van der Waals surface area contributed by atoms with Gasteiger partial charge in [0.25, 0.3) is 0 Å². The van der Waals surface area contributed by atoms with Gasteiger partial charge in [0.15, 0.2) is 11.8 Å². The molecule has 1 aromatic heterocycles. The Morgan fingerprint density at radius 1 is 1.19 bits per heavy atom. The maximum absolute atomic E-state index is 13.3. The number of aromatic nitrogens is 2. The lowest BCUT2D eigenvalue weighted by atomic mass is 10.1. The van der Waals surface area contributed by atoms with Crippen molar-refractivity contribution in [1.29, 1.82) is 0 Å². The molecule has 0 saturated heterocycles. The van der Waals surface area contributed by atoms with Gasteiger partial charge in [-0.15, -0.1) is 0 Å². The van der Waals surface area contributed by atoms with E-state index < -0.39 is 0 Å². The van der Waals surface area contributed by atoms with Gasteiger partial charge in [0, 0.05) is 6.54 Å². The second-order valence-corrected chi connectivity index (χ2v) is 7.07. The van der Waals surface area contributed by atoms with Crippen LogP contribution < -0.4 is 10.1 Å². The molecule has 132 valence electrons. The third-order valence-electron chi connectivity index (χ3n) is 4.92. The SMILES string of the molecule is Cc1c(CN(C)C)c(=O)n2c([n+]1Cc1ccccc1)N=C1C=CC=CC12. The first-order chi connectivity index (χ1) is 12.6. The molecule has 5 nitrogen and oxygen atoms in total. The van der Waals surface area contributed by atoms with Crippen LogP contribution >= 0.6 is 0 Å². The molecule has 0 bridgehead atoms. The van der Waals surface area contributed by atoms with E-state index in [-0.39, 0.29) is 11.6 Å². The molecule has 2 aliphatic rings. The van der Waals surface area contributed by atoms with Gasteiger partial charge in [-0.05, 0) is 38.7 Å². The number of benzene rings is 1. The Kier molecular flexibility index (Phi) is 4.17. The Balaban J connectivity index is 1.93. The molecule has 0 spiro atoms. The van der Waals surface area contributed by atoms with Crippen LogP contribution in [-0.4, -0.2) is 29.3 Å². The van der Waals surface area contributed by atoms with Crippen LogP contribution in [0.15, 0.2) is 64.4 Å². The normalized spacial score (nSPS) is 17.4. The zero-order valence-corrected chi connectivity index (χ0v) is 15.4. The van der Waals surface area contributed by atoms with Gasteiger partial charge in [0.05, 0.1) is 17.8 Å². The molecule has 1 atom stereocenters. The van der Waals surface area contributed by atoms with Gasteiger partial charge >= 0.3 is 11.5 Å². The van der Waals surface area contributed by atoms with E-state index in [9.17, 15) is 4.79 Å². The predicted octanol–water partition coefficient (Wildman–Crippen LogP) is 2.31. The van der Waals surface area contributed by atoms with Gasteiger partial charge in [-0.3, -0.25) is 4.79 Å². The second-order valence-electron chi connectivity index (χ2n) is 7.07. The Hall–Kier alpha value is -2.79. The molecule has 26 heavy (non-hydrogen) atoms. The summed E-state index contributed by atoms with van der Waals surface area (Å²) >= 11 is 0. The Morgan fingerprint density at radius 3 is 2.69 bits per heavy atom. The molecule has 1 unspecified atom stereocenters. The minimum absolute atomic E-state index is 0.0548. The summed E-state index contributed by atoms with van der Waals surface area (Å²) in [6.07, 6.45) is 7.99. The number of allylic oxidation sites excluding steroid dienone is 4. The van der Waals surface area contributed by atoms with Crippen molar-refractivity contribution in [1.82, 2.24) is 9.47 Å². The third kappa shape index (κ3) is 2.74. The lowest BCUT2D eigenvalue weighted by Crippen LogP contribution is -2.46. The lowest BCUT2D eigenvalue weighted by Gasteiger charge is -2.17. The fourth-order valence-electron chi connectivity index (χ4n) is 3.61. The van der Waals surface area contributed by atoms with Crippen molar-refractivity contribution >= 4 is 11.7 Å². The van der Waals surface area contributed by atoms with Crippen molar-refractivity contribution in [3.8, 4) is 0 Å². The van der Waals surface area contributed by atoms with Crippen LogP contribution in [0.4, 0.5) is 5.95 Å². The number of fused-ring (bicyclic) bond motifs is 3. The molecule has 0 fully saturated rings. The highest BCUT2D eigenvalue weighted by molar-refractivity contribution is 6.03. The van der Waals surface area contributed by atoms with Gasteiger partial charge < -0.3 is 4.90 Å². The minimum Gasteiger partial charge on any atom is -0.305 e. The van der Waals surface area contributed by atoms with Crippen LogP contribution in [0, 0.1) is 6.92 Å². The molecular formula is C21H23N4O+. The summed E-state index contributed by atoms with van der Waals surface area (Å²) in [5.74, 6) is 0.732. The van der Waals surface area contributed by atoms with Crippen LogP contribution in [0.3, 0.4) is 0 Å². The van der Waals surface area contributed by atoms with E-state index in [4.69, 9.17) is 4.99 Å². The first kappa shape index (κ1) is 16.7. The summed E-state index contributed by atoms with van der Waals surface area (Å²) in [5.41, 5.74) is 3.98. The zero-order chi connectivity index (χ0) is 18.3. The van der Waals surface area contributed by atoms with Gasteiger partial charge in [-0.25, -0.2) is 4.57 Å². The van der Waals surface area contributed by atoms with E-state index in [1.807, 2.05) is 73.0 Å². The minimum atomic E-state index is -0.106. The van der Waals surface area contributed by atoms with Crippen LogP contribution in [-0.2, 0) is 13.1 Å². The fourth-order valence-corrected chi connectivity index (χ4v) is 3.61. The number of hydrogen-bond acceptors (Lipinski definition) is 3. The van der Waals surface area contributed by atoms with Crippen molar-refractivity contribution in [2.45, 2.75) is 26.1 Å². The molecule has 2 heterocycles. The summed E-state index contributed by atoms with van der Waals surface area (Å²) in [4.78, 5) is 20.1. The highest BCUT2D eigenvalue weighted by Crippen LogP contribution is 2.28. The van der Waals surface area contributed by atoms with E-state index in [2.05, 4.69) is 16.7 Å². The second kappa shape index (κ2) is 6.50. The monoisotopic (exact) mass is 347 g/mol. The summed E-state index contributed by atoms with van der Waals surface area (Å²) in [6.45, 7) is 3.33. The molecule has 1 aliphatic heterocycles. The maximum Gasteiger partial charge on any atom is 0.403 e. The van der Waals surface area contributed by atoms with Crippen molar-refractivity contribution < 1.29 is 4.57 Å². The summed E-state index contributed by atoms with van der Waals surface area (Å²) < 4.78 is 4.01.